The monoisotopic (exact) mass is 567 g/mol. The van der Waals surface area contributed by atoms with Crippen LogP contribution in [0.5, 0.6) is 17.2 Å². The number of thiazole rings is 1. The van der Waals surface area contributed by atoms with E-state index in [1.807, 2.05) is 60.8 Å². The van der Waals surface area contributed by atoms with E-state index in [1.54, 1.807) is 29.8 Å². The number of hydrogen-bond acceptors (Lipinski definition) is 8. The largest absolute Gasteiger partial charge is 0.491 e. The second kappa shape index (κ2) is 10.2. The normalized spacial score (nSPS) is 15.0. The molecule has 204 valence electrons. The number of rotatable bonds is 6. The minimum Gasteiger partial charge on any atom is -0.491 e. The summed E-state index contributed by atoms with van der Waals surface area (Å²) in [6.07, 6.45) is 3.01. The lowest BCUT2D eigenvalue weighted by Gasteiger charge is -2.24. The summed E-state index contributed by atoms with van der Waals surface area (Å²) in [6.45, 7) is 2.39. The van der Waals surface area contributed by atoms with Crippen LogP contribution in [0.2, 0.25) is 0 Å². The van der Waals surface area contributed by atoms with E-state index in [4.69, 9.17) is 19.3 Å². The smallest absolute Gasteiger partial charge is 0.291 e. The van der Waals surface area contributed by atoms with Crippen molar-refractivity contribution in [1.82, 2.24) is 24.4 Å². The predicted molar refractivity (Wildman–Crippen MR) is 151 cm³/mol. The number of halogens is 1. The maximum absolute atomic E-state index is 14.8. The van der Waals surface area contributed by atoms with Gasteiger partial charge in [0.05, 0.1) is 16.8 Å². The van der Waals surface area contributed by atoms with Gasteiger partial charge in [0.25, 0.3) is 5.56 Å². The van der Waals surface area contributed by atoms with Gasteiger partial charge >= 0.3 is 0 Å². The highest BCUT2D eigenvalue weighted by Gasteiger charge is 2.27. The number of hydrogen-bond donors (Lipinski definition) is 0. The molecule has 11 heteroatoms. The molecular weight excluding hydrogens is 545 g/mol. The first-order chi connectivity index (χ1) is 20.1. The fourth-order valence-corrected chi connectivity index (χ4v) is 5.53. The number of ether oxygens (including phenoxy) is 3. The first-order valence-corrected chi connectivity index (χ1v) is 13.8. The number of fused-ring (bicyclic) bond motifs is 2. The van der Waals surface area contributed by atoms with Crippen molar-refractivity contribution in [2.75, 3.05) is 13.2 Å². The van der Waals surface area contributed by atoms with Crippen LogP contribution >= 0.6 is 11.3 Å². The van der Waals surface area contributed by atoms with Gasteiger partial charge in [-0.1, -0.05) is 41.7 Å². The first kappa shape index (κ1) is 25.0. The van der Waals surface area contributed by atoms with Gasteiger partial charge in [-0.05, 0) is 55.5 Å². The van der Waals surface area contributed by atoms with Crippen LogP contribution < -0.4 is 24.3 Å². The maximum Gasteiger partial charge on any atom is 0.291 e. The summed E-state index contributed by atoms with van der Waals surface area (Å²) in [4.78, 5) is 18.4. The SMILES string of the molecule is CCOc1ccc(-c2nn(-c3ccccc3)cc2/C=c2\sc3nc(C4COc5ccccc5O4)nn3c2=O)cc1F. The summed E-state index contributed by atoms with van der Waals surface area (Å²) in [6, 6.07) is 21.7. The average molecular weight is 568 g/mol. The summed E-state index contributed by atoms with van der Waals surface area (Å²) in [7, 11) is 0. The Balaban J connectivity index is 1.28. The third-order valence-corrected chi connectivity index (χ3v) is 7.51. The van der Waals surface area contributed by atoms with E-state index < -0.39 is 11.9 Å². The van der Waals surface area contributed by atoms with Crippen LogP contribution in [0.1, 0.15) is 24.4 Å². The standard InChI is InChI=1S/C30H22FN5O4S/c1-2-38-22-13-12-18(14-21(22)31)27-19(16-35(33-27)20-8-4-3-5-9-20)15-26-29(37)36-30(41-26)32-28(34-36)25-17-39-23-10-6-7-11-24(23)40-25/h3-16,25H,2,17H2,1H3/b26-15-. The number of aromatic nitrogens is 5. The lowest BCUT2D eigenvalue weighted by Crippen LogP contribution is -2.26. The summed E-state index contributed by atoms with van der Waals surface area (Å²) in [5.41, 5.74) is 2.21. The lowest BCUT2D eigenvalue weighted by molar-refractivity contribution is 0.0852. The molecule has 0 bridgehead atoms. The first-order valence-electron chi connectivity index (χ1n) is 12.9. The van der Waals surface area contributed by atoms with Gasteiger partial charge in [-0.3, -0.25) is 4.79 Å². The molecule has 7 rings (SSSR count). The predicted octanol–water partition coefficient (Wildman–Crippen LogP) is 4.60. The second-order valence-electron chi connectivity index (χ2n) is 9.24. The van der Waals surface area contributed by atoms with Gasteiger partial charge < -0.3 is 14.2 Å². The fraction of sp³-hybridized carbons (Fsp3) is 0.133. The van der Waals surface area contributed by atoms with E-state index in [9.17, 15) is 9.18 Å². The second-order valence-corrected chi connectivity index (χ2v) is 10.2. The molecule has 0 saturated carbocycles. The van der Waals surface area contributed by atoms with Crippen molar-refractivity contribution in [3.63, 3.8) is 0 Å². The molecule has 9 nitrogen and oxygen atoms in total. The highest BCUT2D eigenvalue weighted by molar-refractivity contribution is 7.15. The molecule has 1 aliphatic rings. The highest BCUT2D eigenvalue weighted by Crippen LogP contribution is 2.35. The van der Waals surface area contributed by atoms with E-state index in [0.29, 0.717) is 50.2 Å². The molecule has 0 saturated heterocycles. The van der Waals surface area contributed by atoms with Crippen molar-refractivity contribution >= 4 is 22.4 Å². The van der Waals surface area contributed by atoms with Gasteiger partial charge in [0.2, 0.25) is 4.96 Å². The average Bonchev–Trinajstić information content (AvgIpc) is 3.69. The zero-order valence-corrected chi connectivity index (χ0v) is 22.5. The Morgan fingerprint density at radius 3 is 2.66 bits per heavy atom. The van der Waals surface area contributed by atoms with Crippen molar-refractivity contribution in [2.45, 2.75) is 13.0 Å². The van der Waals surface area contributed by atoms with Gasteiger partial charge in [0, 0.05) is 17.3 Å². The summed E-state index contributed by atoms with van der Waals surface area (Å²) in [5, 5.41) is 9.18. The molecule has 3 aromatic carbocycles. The van der Waals surface area contributed by atoms with E-state index in [-0.39, 0.29) is 17.9 Å². The Hall–Kier alpha value is -5.03. The Kier molecular flexibility index (Phi) is 6.20. The van der Waals surface area contributed by atoms with Crippen LogP contribution in [0, 0.1) is 5.82 Å². The quantitative estimate of drug-likeness (QED) is 0.290. The van der Waals surface area contributed by atoms with E-state index in [0.717, 1.165) is 5.69 Å². The molecule has 0 fully saturated rings. The van der Waals surface area contributed by atoms with Crippen molar-refractivity contribution < 1.29 is 18.6 Å². The Morgan fingerprint density at radius 2 is 1.88 bits per heavy atom. The topological polar surface area (TPSA) is 92.8 Å². The van der Waals surface area contributed by atoms with Gasteiger partial charge in [-0.25, -0.2) is 9.07 Å². The van der Waals surface area contributed by atoms with Gasteiger partial charge in [0.15, 0.2) is 35.0 Å². The molecule has 0 N–H and O–H groups in total. The van der Waals surface area contributed by atoms with E-state index in [2.05, 4.69) is 10.1 Å². The Labute approximate surface area is 236 Å². The molecule has 6 aromatic rings. The van der Waals surface area contributed by atoms with Crippen molar-refractivity contribution in [3.8, 4) is 34.2 Å². The third-order valence-electron chi connectivity index (χ3n) is 6.55. The van der Waals surface area contributed by atoms with Crippen LogP contribution in [0.15, 0.2) is 83.8 Å². The molecule has 0 spiro atoms. The summed E-state index contributed by atoms with van der Waals surface area (Å²) >= 11 is 1.20. The molecular formula is C30H22FN5O4S. The maximum atomic E-state index is 14.8. The van der Waals surface area contributed by atoms with E-state index in [1.165, 1.54) is 21.9 Å². The lowest BCUT2D eigenvalue weighted by atomic mass is 10.1. The summed E-state index contributed by atoms with van der Waals surface area (Å²) < 4.78 is 35.3. The highest BCUT2D eigenvalue weighted by atomic mass is 32.1. The van der Waals surface area contributed by atoms with Crippen LogP contribution in [-0.2, 0) is 0 Å². The number of benzene rings is 3. The van der Waals surface area contributed by atoms with Crippen molar-refractivity contribution in [2.24, 2.45) is 0 Å². The fourth-order valence-electron chi connectivity index (χ4n) is 4.62. The van der Waals surface area contributed by atoms with Gasteiger partial charge in [-0.2, -0.15) is 14.6 Å². The van der Waals surface area contributed by atoms with Crippen LogP contribution in [0.4, 0.5) is 4.39 Å². The van der Waals surface area contributed by atoms with Crippen LogP contribution in [0.25, 0.3) is 28.0 Å². The Bertz CT molecular complexity index is 2000. The molecule has 1 unspecified atom stereocenters. The molecule has 0 radical (unpaired) electrons. The molecule has 41 heavy (non-hydrogen) atoms. The van der Waals surface area contributed by atoms with Crippen LogP contribution in [-0.4, -0.2) is 37.6 Å². The summed E-state index contributed by atoms with van der Waals surface area (Å²) in [5.74, 6) is 1.31. The molecule has 0 amide bonds. The molecule has 1 atom stereocenters. The van der Waals surface area contributed by atoms with E-state index >= 15 is 0 Å². The van der Waals surface area contributed by atoms with Crippen molar-refractivity contribution in [1.29, 1.82) is 0 Å². The van der Waals surface area contributed by atoms with Crippen molar-refractivity contribution in [3.05, 3.63) is 111 Å². The third kappa shape index (κ3) is 4.59. The molecule has 4 heterocycles. The number of para-hydroxylation sites is 3. The molecule has 0 aliphatic carbocycles. The zero-order chi connectivity index (χ0) is 27.9. The van der Waals surface area contributed by atoms with Gasteiger partial charge in [0.1, 0.15) is 12.3 Å². The minimum atomic E-state index is -0.533. The zero-order valence-electron chi connectivity index (χ0n) is 21.7. The Morgan fingerprint density at radius 1 is 1.07 bits per heavy atom. The van der Waals surface area contributed by atoms with Crippen LogP contribution in [0.3, 0.4) is 0 Å². The molecule has 1 aliphatic heterocycles. The number of nitrogens with zero attached hydrogens (tertiary/aromatic N) is 5. The molecule has 3 aromatic heterocycles. The minimum absolute atomic E-state index is 0.170. The van der Waals surface area contributed by atoms with Gasteiger partial charge in [-0.15, -0.1) is 5.10 Å².